The van der Waals surface area contributed by atoms with E-state index >= 15 is 0 Å². The number of carbonyl (C=O) groups excluding carboxylic acids is 1. The van der Waals surface area contributed by atoms with Gasteiger partial charge < -0.3 is 10.2 Å². The van der Waals surface area contributed by atoms with E-state index in [1.54, 1.807) is 6.07 Å². The van der Waals surface area contributed by atoms with Gasteiger partial charge >= 0.3 is 0 Å². The number of hydrogen-bond donors (Lipinski definition) is 2. The molecule has 2 N–H and O–H groups in total. The molecule has 100 valence electrons. The van der Waals surface area contributed by atoms with Crippen LogP contribution in [0.4, 0.5) is 0 Å². The highest BCUT2D eigenvalue weighted by molar-refractivity contribution is 6.35. The molecule has 18 heavy (non-hydrogen) atoms. The lowest BCUT2D eigenvalue weighted by Gasteiger charge is -2.21. The third kappa shape index (κ3) is 4.16. The molecule has 1 aromatic rings. The molecular formula is C13H19Cl2N2O+. The Morgan fingerprint density at radius 1 is 1.44 bits per heavy atom. The van der Waals surface area contributed by atoms with Crippen molar-refractivity contribution in [1.29, 1.82) is 0 Å². The van der Waals surface area contributed by atoms with E-state index in [4.69, 9.17) is 23.2 Å². The summed E-state index contributed by atoms with van der Waals surface area (Å²) in [5.41, 5.74) is 0.995. The van der Waals surface area contributed by atoms with Crippen molar-refractivity contribution < 1.29 is 9.69 Å². The van der Waals surface area contributed by atoms with Crippen molar-refractivity contribution in [2.45, 2.75) is 26.4 Å². The van der Waals surface area contributed by atoms with Crippen molar-refractivity contribution in [3.05, 3.63) is 33.8 Å². The van der Waals surface area contributed by atoms with E-state index < -0.39 is 0 Å². The van der Waals surface area contributed by atoms with Crippen LogP contribution in [0.5, 0.6) is 0 Å². The van der Waals surface area contributed by atoms with Gasteiger partial charge in [-0.05, 0) is 26.0 Å². The van der Waals surface area contributed by atoms with Crippen LogP contribution in [0.25, 0.3) is 0 Å². The number of rotatable bonds is 5. The molecule has 3 nitrogen and oxygen atoms in total. The maximum absolute atomic E-state index is 11.7. The fourth-order valence-corrected chi connectivity index (χ4v) is 2.14. The molecule has 2 atom stereocenters. The van der Waals surface area contributed by atoms with Crippen LogP contribution in [-0.2, 0) is 11.3 Å². The van der Waals surface area contributed by atoms with Gasteiger partial charge in [0.2, 0.25) is 0 Å². The molecule has 0 aliphatic carbocycles. The van der Waals surface area contributed by atoms with Crippen LogP contribution in [0.3, 0.4) is 0 Å². The fraction of sp³-hybridized carbons (Fsp3) is 0.462. The lowest BCUT2D eigenvalue weighted by Crippen LogP contribution is -3.12. The average molecular weight is 290 g/mol. The Kier molecular flexibility index (Phi) is 5.93. The van der Waals surface area contributed by atoms with Crippen molar-refractivity contribution in [2.24, 2.45) is 0 Å². The van der Waals surface area contributed by atoms with Crippen LogP contribution < -0.4 is 10.2 Å². The van der Waals surface area contributed by atoms with E-state index in [0.29, 0.717) is 23.1 Å². The van der Waals surface area contributed by atoms with E-state index in [-0.39, 0.29) is 11.9 Å². The maximum Gasteiger partial charge on any atom is 0.278 e. The van der Waals surface area contributed by atoms with Gasteiger partial charge in [-0.15, -0.1) is 0 Å². The molecule has 1 amide bonds. The molecule has 0 heterocycles. The Morgan fingerprint density at radius 2 is 2.11 bits per heavy atom. The smallest absolute Gasteiger partial charge is 0.278 e. The first-order valence-electron chi connectivity index (χ1n) is 5.99. The van der Waals surface area contributed by atoms with Crippen LogP contribution in [0.15, 0.2) is 18.2 Å². The standard InChI is InChI=1S/C13H18Cl2N2O/c1-4-16-13(18)9(2)17(3)8-10-5-6-11(14)7-12(10)15/h5-7,9H,4,8H2,1-3H3,(H,16,18)/p+1/t9-/m0/s1. The molecule has 0 radical (unpaired) electrons. The first kappa shape index (κ1) is 15.3. The second kappa shape index (κ2) is 6.98. The van der Waals surface area contributed by atoms with E-state index in [9.17, 15) is 4.79 Å². The van der Waals surface area contributed by atoms with Gasteiger partial charge in [0.15, 0.2) is 6.04 Å². The topological polar surface area (TPSA) is 33.5 Å². The van der Waals surface area contributed by atoms with Crippen molar-refractivity contribution in [1.82, 2.24) is 5.32 Å². The number of likely N-dealkylation sites (N-methyl/N-ethyl adjacent to an activating group) is 2. The minimum absolute atomic E-state index is 0.0556. The number of amides is 1. The molecule has 0 saturated carbocycles. The predicted octanol–water partition coefficient (Wildman–Crippen LogP) is 1.53. The van der Waals surface area contributed by atoms with Gasteiger partial charge in [0.1, 0.15) is 6.54 Å². The summed E-state index contributed by atoms with van der Waals surface area (Å²) in [4.78, 5) is 12.8. The highest BCUT2D eigenvalue weighted by Gasteiger charge is 2.21. The van der Waals surface area contributed by atoms with Crippen molar-refractivity contribution in [2.75, 3.05) is 13.6 Å². The third-order valence-electron chi connectivity index (χ3n) is 2.97. The summed E-state index contributed by atoms with van der Waals surface area (Å²) in [6.07, 6.45) is 0. The Hall–Kier alpha value is -0.770. The number of quaternary nitrogens is 1. The molecule has 0 bridgehead atoms. The van der Waals surface area contributed by atoms with Crippen LogP contribution in [0.2, 0.25) is 10.0 Å². The van der Waals surface area contributed by atoms with Gasteiger partial charge in [-0.2, -0.15) is 0 Å². The summed E-state index contributed by atoms with van der Waals surface area (Å²) < 4.78 is 0. The Morgan fingerprint density at radius 3 is 2.67 bits per heavy atom. The lowest BCUT2D eigenvalue weighted by atomic mass is 10.2. The summed E-state index contributed by atoms with van der Waals surface area (Å²) in [7, 11) is 1.98. The maximum atomic E-state index is 11.7. The Labute approximate surface area is 118 Å². The van der Waals surface area contributed by atoms with Gasteiger partial charge in [0.05, 0.1) is 12.1 Å². The van der Waals surface area contributed by atoms with Crippen LogP contribution in [0, 0.1) is 0 Å². The monoisotopic (exact) mass is 289 g/mol. The normalized spacial score (nSPS) is 14.1. The Balaban J connectivity index is 2.69. The predicted molar refractivity (Wildman–Crippen MR) is 75.2 cm³/mol. The number of halogens is 2. The molecule has 0 fully saturated rings. The molecule has 1 aromatic carbocycles. The second-order valence-corrected chi connectivity index (χ2v) is 5.22. The van der Waals surface area contributed by atoms with Gasteiger partial charge in [-0.3, -0.25) is 4.79 Å². The van der Waals surface area contributed by atoms with Crippen LogP contribution in [0.1, 0.15) is 19.4 Å². The zero-order valence-corrected chi connectivity index (χ0v) is 12.4. The molecule has 0 aliphatic rings. The summed E-state index contributed by atoms with van der Waals surface area (Å²) in [5.74, 6) is 0.0556. The van der Waals surface area contributed by atoms with Crippen LogP contribution in [-0.4, -0.2) is 25.5 Å². The van der Waals surface area contributed by atoms with Crippen molar-refractivity contribution >= 4 is 29.1 Å². The largest absolute Gasteiger partial charge is 0.351 e. The van der Waals surface area contributed by atoms with Crippen molar-refractivity contribution in [3.8, 4) is 0 Å². The van der Waals surface area contributed by atoms with E-state index in [2.05, 4.69) is 5.32 Å². The van der Waals surface area contributed by atoms with Gasteiger partial charge in [-0.1, -0.05) is 29.3 Å². The van der Waals surface area contributed by atoms with Gasteiger partial charge in [-0.25, -0.2) is 0 Å². The SMILES string of the molecule is CCNC(=O)[C@H](C)[NH+](C)Cc1ccc(Cl)cc1Cl. The van der Waals surface area contributed by atoms with Crippen molar-refractivity contribution in [3.63, 3.8) is 0 Å². The first-order chi connectivity index (χ1) is 8.45. The zero-order valence-electron chi connectivity index (χ0n) is 10.9. The number of carbonyl (C=O) groups is 1. The van der Waals surface area contributed by atoms with Crippen LogP contribution >= 0.6 is 23.2 Å². The second-order valence-electron chi connectivity index (χ2n) is 4.38. The number of hydrogen-bond acceptors (Lipinski definition) is 1. The van der Waals surface area contributed by atoms with E-state index in [1.165, 1.54) is 0 Å². The molecule has 1 rings (SSSR count). The lowest BCUT2D eigenvalue weighted by molar-refractivity contribution is -0.908. The molecule has 5 heteroatoms. The quantitative estimate of drug-likeness (QED) is 0.847. The summed E-state index contributed by atoms with van der Waals surface area (Å²) in [5, 5.41) is 4.09. The number of benzene rings is 1. The molecular weight excluding hydrogens is 271 g/mol. The molecule has 0 spiro atoms. The minimum atomic E-state index is -0.114. The number of nitrogens with one attached hydrogen (secondary N) is 2. The molecule has 0 aliphatic heterocycles. The minimum Gasteiger partial charge on any atom is -0.351 e. The van der Waals surface area contributed by atoms with Gasteiger partial charge in [0, 0.05) is 17.1 Å². The van der Waals surface area contributed by atoms with Gasteiger partial charge in [0.25, 0.3) is 5.91 Å². The summed E-state index contributed by atoms with van der Waals surface area (Å²) in [6, 6.07) is 5.32. The third-order valence-corrected chi connectivity index (χ3v) is 3.55. The average Bonchev–Trinajstić information content (AvgIpc) is 2.32. The highest BCUT2D eigenvalue weighted by atomic mass is 35.5. The molecule has 1 unspecified atom stereocenters. The fourth-order valence-electron chi connectivity index (χ4n) is 1.67. The zero-order chi connectivity index (χ0) is 13.7. The van der Waals surface area contributed by atoms with E-state index in [0.717, 1.165) is 10.5 Å². The molecule has 0 saturated heterocycles. The summed E-state index contributed by atoms with van der Waals surface area (Å²) >= 11 is 12.0. The van der Waals surface area contributed by atoms with E-state index in [1.807, 2.05) is 33.0 Å². The highest BCUT2D eigenvalue weighted by Crippen LogP contribution is 2.20. The first-order valence-corrected chi connectivity index (χ1v) is 6.75. The molecule has 0 aromatic heterocycles. The summed E-state index contributed by atoms with van der Waals surface area (Å²) in [6.45, 7) is 5.16. The Bertz CT molecular complexity index is 423.